The number of piperazine rings is 1. The molecule has 6 nitrogen and oxygen atoms in total. The van der Waals surface area contributed by atoms with Gasteiger partial charge in [0.2, 0.25) is 0 Å². The van der Waals surface area contributed by atoms with Gasteiger partial charge in [0, 0.05) is 38.5 Å². The van der Waals surface area contributed by atoms with Crippen molar-refractivity contribution < 1.29 is 14.7 Å². The lowest BCUT2D eigenvalue weighted by molar-refractivity contribution is -0.143. The number of anilines is 1. The Balaban J connectivity index is 1.91. The molecule has 0 saturated carbocycles. The van der Waals surface area contributed by atoms with Crippen molar-refractivity contribution in [3.63, 3.8) is 0 Å². The number of rotatable bonds is 3. The molecule has 1 aliphatic heterocycles. The standard InChI is InChI=1S/C14H19N3O3/c18-10-5-11-1-3-12(4-2-11)16-13(19)14(20)17-8-6-15-7-9-17/h1-4,15,18H,5-10H2,(H,16,19). The van der Waals surface area contributed by atoms with Crippen LogP contribution in [0, 0.1) is 0 Å². The van der Waals surface area contributed by atoms with Crippen LogP contribution >= 0.6 is 0 Å². The van der Waals surface area contributed by atoms with Crippen LogP contribution in [0.25, 0.3) is 0 Å². The van der Waals surface area contributed by atoms with Gasteiger partial charge >= 0.3 is 11.8 Å². The number of aliphatic hydroxyl groups excluding tert-OH is 1. The fourth-order valence-electron chi connectivity index (χ4n) is 2.08. The molecule has 1 fully saturated rings. The zero-order chi connectivity index (χ0) is 14.4. The van der Waals surface area contributed by atoms with Gasteiger partial charge in [-0.05, 0) is 24.1 Å². The van der Waals surface area contributed by atoms with Crippen LogP contribution in [-0.2, 0) is 16.0 Å². The predicted molar refractivity (Wildman–Crippen MR) is 75.3 cm³/mol. The van der Waals surface area contributed by atoms with E-state index in [1.54, 1.807) is 17.0 Å². The van der Waals surface area contributed by atoms with Crippen LogP contribution < -0.4 is 10.6 Å². The number of nitrogens with zero attached hydrogens (tertiary/aromatic N) is 1. The van der Waals surface area contributed by atoms with E-state index < -0.39 is 11.8 Å². The van der Waals surface area contributed by atoms with E-state index in [4.69, 9.17) is 5.11 Å². The maximum atomic E-state index is 11.9. The molecule has 0 atom stereocenters. The van der Waals surface area contributed by atoms with Crippen LogP contribution in [0.1, 0.15) is 5.56 Å². The third kappa shape index (κ3) is 3.79. The minimum absolute atomic E-state index is 0.0905. The van der Waals surface area contributed by atoms with E-state index in [-0.39, 0.29) is 6.61 Å². The highest BCUT2D eigenvalue weighted by Crippen LogP contribution is 2.10. The van der Waals surface area contributed by atoms with Gasteiger partial charge in [0.1, 0.15) is 0 Å². The molecule has 0 unspecified atom stereocenters. The summed E-state index contributed by atoms with van der Waals surface area (Å²) in [5, 5.41) is 14.6. The number of hydrogen-bond donors (Lipinski definition) is 3. The lowest BCUT2D eigenvalue weighted by Gasteiger charge is -2.26. The summed E-state index contributed by atoms with van der Waals surface area (Å²) >= 11 is 0. The van der Waals surface area contributed by atoms with Gasteiger partial charge in [-0.15, -0.1) is 0 Å². The van der Waals surface area contributed by atoms with Crippen molar-refractivity contribution in [1.29, 1.82) is 0 Å². The normalized spacial score (nSPS) is 14.9. The molecule has 0 bridgehead atoms. The van der Waals surface area contributed by atoms with Crippen LogP contribution in [0.5, 0.6) is 0 Å². The van der Waals surface area contributed by atoms with E-state index in [9.17, 15) is 9.59 Å². The van der Waals surface area contributed by atoms with Crippen LogP contribution in [0.3, 0.4) is 0 Å². The molecule has 0 spiro atoms. The Hall–Kier alpha value is -1.92. The summed E-state index contributed by atoms with van der Waals surface area (Å²) in [6.07, 6.45) is 0.577. The van der Waals surface area contributed by atoms with Crippen LogP contribution in [0.4, 0.5) is 5.69 Å². The molecule has 1 aromatic carbocycles. The quantitative estimate of drug-likeness (QED) is 0.656. The first-order chi connectivity index (χ1) is 9.70. The first kappa shape index (κ1) is 14.5. The summed E-state index contributed by atoms with van der Waals surface area (Å²) in [6, 6.07) is 7.10. The second kappa shape index (κ2) is 7.02. The summed E-state index contributed by atoms with van der Waals surface area (Å²) in [5.41, 5.74) is 1.57. The Kier molecular flexibility index (Phi) is 5.09. The van der Waals surface area contributed by atoms with Crippen molar-refractivity contribution in [2.24, 2.45) is 0 Å². The zero-order valence-electron chi connectivity index (χ0n) is 11.3. The number of aliphatic hydroxyl groups is 1. The van der Waals surface area contributed by atoms with E-state index >= 15 is 0 Å². The van der Waals surface area contributed by atoms with Crippen LogP contribution in [0.2, 0.25) is 0 Å². The highest BCUT2D eigenvalue weighted by molar-refractivity contribution is 6.39. The Morgan fingerprint density at radius 1 is 1.20 bits per heavy atom. The van der Waals surface area contributed by atoms with E-state index in [1.807, 2.05) is 12.1 Å². The molecule has 1 heterocycles. The van der Waals surface area contributed by atoms with Gasteiger partial charge in [0.25, 0.3) is 0 Å². The second-order valence-electron chi connectivity index (χ2n) is 4.67. The Morgan fingerprint density at radius 2 is 1.85 bits per heavy atom. The number of carbonyl (C=O) groups excluding carboxylic acids is 2. The van der Waals surface area contributed by atoms with Gasteiger partial charge in [0.05, 0.1) is 0 Å². The molecule has 0 radical (unpaired) electrons. The van der Waals surface area contributed by atoms with Gasteiger partial charge in [-0.2, -0.15) is 0 Å². The van der Waals surface area contributed by atoms with Crippen molar-refractivity contribution >= 4 is 17.5 Å². The van der Waals surface area contributed by atoms with Crippen molar-refractivity contribution in [2.75, 3.05) is 38.1 Å². The van der Waals surface area contributed by atoms with E-state index in [1.165, 1.54) is 0 Å². The van der Waals surface area contributed by atoms with Gasteiger partial charge in [0.15, 0.2) is 0 Å². The van der Waals surface area contributed by atoms with Gasteiger partial charge in [-0.3, -0.25) is 9.59 Å². The number of hydrogen-bond acceptors (Lipinski definition) is 4. The molecule has 0 aromatic heterocycles. The van der Waals surface area contributed by atoms with Crippen LogP contribution in [-0.4, -0.2) is 54.6 Å². The molecule has 1 aromatic rings. The molecule has 20 heavy (non-hydrogen) atoms. The largest absolute Gasteiger partial charge is 0.396 e. The molecule has 2 amide bonds. The lowest BCUT2D eigenvalue weighted by Crippen LogP contribution is -2.49. The Labute approximate surface area is 117 Å². The summed E-state index contributed by atoms with van der Waals surface area (Å²) in [7, 11) is 0. The van der Waals surface area contributed by atoms with Crippen molar-refractivity contribution in [3.8, 4) is 0 Å². The van der Waals surface area contributed by atoms with Gasteiger partial charge < -0.3 is 20.6 Å². The van der Waals surface area contributed by atoms with E-state index in [0.29, 0.717) is 25.2 Å². The monoisotopic (exact) mass is 277 g/mol. The van der Waals surface area contributed by atoms with Crippen molar-refractivity contribution in [3.05, 3.63) is 29.8 Å². The molecule has 0 aliphatic carbocycles. The van der Waals surface area contributed by atoms with Crippen molar-refractivity contribution in [1.82, 2.24) is 10.2 Å². The van der Waals surface area contributed by atoms with Gasteiger partial charge in [-0.25, -0.2) is 0 Å². The maximum Gasteiger partial charge on any atom is 0.313 e. The minimum Gasteiger partial charge on any atom is -0.396 e. The average molecular weight is 277 g/mol. The second-order valence-corrected chi connectivity index (χ2v) is 4.67. The number of nitrogens with one attached hydrogen (secondary N) is 2. The first-order valence-corrected chi connectivity index (χ1v) is 6.71. The topological polar surface area (TPSA) is 81.7 Å². The molecule has 3 N–H and O–H groups in total. The van der Waals surface area contributed by atoms with Gasteiger partial charge in [-0.1, -0.05) is 12.1 Å². The molecule has 2 rings (SSSR count). The maximum absolute atomic E-state index is 11.9. The molecule has 108 valence electrons. The Bertz CT molecular complexity index is 467. The van der Waals surface area contributed by atoms with E-state index in [2.05, 4.69) is 10.6 Å². The molecular weight excluding hydrogens is 258 g/mol. The summed E-state index contributed by atoms with van der Waals surface area (Å²) < 4.78 is 0. The highest BCUT2D eigenvalue weighted by atomic mass is 16.3. The fourth-order valence-corrected chi connectivity index (χ4v) is 2.08. The lowest BCUT2D eigenvalue weighted by atomic mass is 10.1. The third-order valence-electron chi connectivity index (χ3n) is 3.21. The molecule has 1 aliphatic rings. The van der Waals surface area contributed by atoms with E-state index in [0.717, 1.165) is 18.7 Å². The smallest absolute Gasteiger partial charge is 0.313 e. The molecule has 6 heteroatoms. The predicted octanol–water partition coefficient (Wildman–Crippen LogP) is -0.408. The average Bonchev–Trinajstić information content (AvgIpc) is 2.49. The number of benzene rings is 1. The SMILES string of the molecule is O=C(Nc1ccc(CCO)cc1)C(=O)N1CCNCC1. The zero-order valence-corrected chi connectivity index (χ0v) is 11.3. The van der Waals surface area contributed by atoms with Crippen molar-refractivity contribution in [2.45, 2.75) is 6.42 Å². The Morgan fingerprint density at radius 3 is 2.45 bits per heavy atom. The third-order valence-corrected chi connectivity index (χ3v) is 3.21. The first-order valence-electron chi connectivity index (χ1n) is 6.71. The number of carbonyl (C=O) groups is 2. The highest BCUT2D eigenvalue weighted by Gasteiger charge is 2.23. The van der Waals surface area contributed by atoms with Crippen LogP contribution in [0.15, 0.2) is 24.3 Å². The fraction of sp³-hybridized carbons (Fsp3) is 0.429. The minimum atomic E-state index is -0.609. The summed E-state index contributed by atoms with van der Waals surface area (Å²) in [5.74, 6) is -1.10. The molecule has 1 saturated heterocycles. The molecular formula is C14H19N3O3. The number of amides is 2. The summed E-state index contributed by atoms with van der Waals surface area (Å²) in [6.45, 7) is 2.64. The summed E-state index contributed by atoms with van der Waals surface area (Å²) in [4.78, 5) is 25.3.